The number of amides is 1. The summed E-state index contributed by atoms with van der Waals surface area (Å²) in [6, 6.07) is 16.9. The van der Waals surface area contributed by atoms with Crippen LogP contribution in [0, 0.1) is 0 Å². The molecule has 7 heteroatoms. The first-order chi connectivity index (χ1) is 14.2. The summed E-state index contributed by atoms with van der Waals surface area (Å²) in [4.78, 5) is 35.0. The Kier molecular flexibility index (Phi) is 5.57. The van der Waals surface area contributed by atoms with Crippen LogP contribution in [0.4, 0.5) is 5.69 Å². The van der Waals surface area contributed by atoms with Crippen molar-refractivity contribution in [2.75, 3.05) is 23.8 Å². The summed E-state index contributed by atoms with van der Waals surface area (Å²) in [7, 11) is 0. The molecule has 1 amide bonds. The number of hydrogen-bond acceptors (Lipinski definition) is 6. The summed E-state index contributed by atoms with van der Waals surface area (Å²) in [5.74, 6) is 0.726. The van der Waals surface area contributed by atoms with Gasteiger partial charge in [0.25, 0.3) is 5.91 Å². The zero-order chi connectivity index (χ0) is 20.2. The van der Waals surface area contributed by atoms with Gasteiger partial charge in [0.05, 0.1) is 17.1 Å². The van der Waals surface area contributed by atoms with Gasteiger partial charge in [0.2, 0.25) is 0 Å². The van der Waals surface area contributed by atoms with Crippen molar-refractivity contribution in [3.63, 3.8) is 0 Å². The smallest absolute Gasteiger partial charge is 0.265 e. The average Bonchev–Trinajstić information content (AvgIpc) is 2.78. The molecule has 3 aromatic rings. The van der Waals surface area contributed by atoms with Crippen LogP contribution in [-0.4, -0.2) is 40.6 Å². The van der Waals surface area contributed by atoms with Crippen LogP contribution in [0.15, 0.2) is 66.0 Å². The van der Waals surface area contributed by atoms with Gasteiger partial charge in [0, 0.05) is 17.7 Å². The lowest BCUT2D eigenvalue weighted by atomic mass is 10.1. The van der Waals surface area contributed by atoms with Crippen molar-refractivity contribution in [3.8, 4) is 17.0 Å². The molecule has 1 aromatic heterocycles. The zero-order valence-electron chi connectivity index (χ0n) is 15.9. The lowest BCUT2D eigenvalue weighted by Gasteiger charge is -2.28. The first kappa shape index (κ1) is 19.1. The third kappa shape index (κ3) is 4.14. The van der Waals surface area contributed by atoms with Gasteiger partial charge in [0.1, 0.15) is 17.1 Å². The molecule has 0 aliphatic carbocycles. The highest BCUT2D eigenvalue weighted by atomic mass is 32.2. The highest BCUT2D eigenvalue weighted by molar-refractivity contribution is 7.99. The van der Waals surface area contributed by atoms with E-state index in [0.29, 0.717) is 23.5 Å². The Balaban J connectivity index is 1.48. The quantitative estimate of drug-likeness (QED) is 0.352. The fraction of sp³-hybridized carbons (Fsp3) is 0.182. The van der Waals surface area contributed by atoms with E-state index >= 15 is 0 Å². The van der Waals surface area contributed by atoms with E-state index in [2.05, 4.69) is 9.97 Å². The minimum atomic E-state index is -0.103. The Bertz CT molecular complexity index is 1060. The summed E-state index contributed by atoms with van der Waals surface area (Å²) >= 11 is 1.36. The number of aromatic nitrogens is 2. The molecule has 0 saturated heterocycles. The molecular weight excluding hydrogens is 386 g/mol. The summed E-state index contributed by atoms with van der Waals surface area (Å²) in [6.07, 6.45) is 1.51. The van der Waals surface area contributed by atoms with Gasteiger partial charge in [-0.15, -0.1) is 0 Å². The Hall–Kier alpha value is -3.19. The fourth-order valence-electron chi connectivity index (χ4n) is 3.13. The standard InChI is InChI=1S/C22H19N3O3S/c1-2-25-18-10-16(8-9-20(18)28-12-22(25)27)19(26)13-29-21-11-17(23-14-24-21)15-6-4-3-5-7-15/h3-11,14H,2,12-13H2,1H3. The lowest BCUT2D eigenvalue weighted by molar-refractivity contribution is -0.121. The third-order valence-corrected chi connectivity index (χ3v) is 5.53. The van der Waals surface area contributed by atoms with E-state index in [9.17, 15) is 9.59 Å². The maximum atomic E-state index is 12.7. The van der Waals surface area contributed by atoms with Gasteiger partial charge in [0.15, 0.2) is 12.4 Å². The largest absolute Gasteiger partial charge is 0.482 e. The molecule has 0 spiro atoms. The van der Waals surface area contributed by atoms with E-state index in [1.54, 1.807) is 23.1 Å². The summed E-state index contributed by atoms with van der Waals surface area (Å²) < 4.78 is 5.46. The molecule has 2 heterocycles. The second kappa shape index (κ2) is 8.45. The van der Waals surface area contributed by atoms with E-state index in [-0.39, 0.29) is 24.1 Å². The first-order valence-corrected chi connectivity index (χ1v) is 10.2. The molecule has 0 saturated carbocycles. The summed E-state index contributed by atoms with van der Waals surface area (Å²) in [5, 5.41) is 0.735. The molecule has 0 atom stereocenters. The normalized spacial score (nSPS) is 13.0. The second-order valence-electron chi connectivity index (χ2n) is 6.43. The van der Waals surface area contributed by atoms with E-state index < -0.39 is 0 Å². The van der Waals surface area contributed by atoms with Crippen LogP contribution in [0.1, 0.15) is 17.3 Å². The number of likely N-dealkylation sites (N-methyl/N-ethyl adjacent to an activating group) is 1. The van der Waals surface area contributed by atoms with Crippen molar-refractivity contribution >= 4 is 29.1 Å². The number of fused-ring (bicyclic) bond motifs is 1. The minimum Gasteiger partial charge on any atom is -0.482 e. The van der Waals surface area contributed by atoms with Crippen molar-refractivity contribution in [2.45, 2.75) is 11.9 Å². The average molecular weight is 405 g/mol. The van der Waals surface area contributed by atoms with Gasteiger partial charge in [-0.1, -0.05) is 42.1 Å². The van der Waals surface area contributed by atoms with Crippen LogP contribution in [0.5, 0.6) is 5.75 Å². The number of ketones is 1. The van der Waals surface area contributed by atoms with Crippen LogP contribution in [0.3, 0.4) is 0 Å². The highest BCUT2D eigenvalue weighted by Crippen LogP contribution is 2.33. The minimum absolute atomic E-state index is 0.0292. The molecule has 1 aliphatic rings. The monoisotopic (exact) mass is 405 g/mol. The summed E-state index contributed by atoms with van der Waals surface area (Å²) in [5.41, 5.74) is 3.01. The zero-order valence-corrected chi connectivity index (χ0v) is 16.7. The lowest BCUT2D eigenvalue weighted by Crippen LogP contribution is -2.38. The molecule has 2 aromatic carbocycles. The number of hydrogen-bond donors (Lipinski definition) is 0. The number of thioether (sulfide) groups is 1. The van der Waals surface area contributed by atoms with Crippen molar-refractivity contribution in [1.82, 2.24) is 9.97 Å². The van der Waals surface area contributed by atoms with E-state index in [4.69, 9.17) is 4.74 Å². The van der Waals surface area contributed by atoms with Crippen LogP contribution in [-0.2, 0) is 4.79 Å². The number of benzene rings is 2. The van der Waals surface area contributed by atoms with E-state index in [0.717, 1.165) is 16.3 Å². The topological polar surface area (TPSA) is 72.4 Å². The van der Waals surface area contributed by atoms with Crippen molar-refractivity contribution in [3.05, 3.63) is 66.5 Å². The first-order valence-electron chi connectivity index (χ1n) is 9.26. The molecule has 29 heavy (non-hydrogen) atoms. The van der Waals surface area contributed by atoms with Gasteiger partial charge in [-0.3, -0.25) is 9.59 Å². The van der Waals surface area contributed by atoms with Crippen LogP contribution in [0.25, 0.3) is 11.3 Å². The SMILES string of the molecule is CCN1C(=O)COc2ccc(C(=O)CSc3cc(-c4ccccc4)ncn3)cc21. The van der Waals surface area contributed by atoms with Gasteiger partial charge < -0.3 is 9.64 Å². The van der Waals surface area contributed by atoms with Crippen molar-refractivity contribution in [1.29, 1.82) is 0 Å². The summed E-state index contributed by atoms with van der Waals surface area (Å²) in [6.45, 7) is 2.46. The number of nitrogens with zero attached hydrogens (tertiary/aromatic N) is 3. The molecule has 0 fully saturated rings. The van der Waals surface area contributed by atoms with Crippen LogP contribution >= 0.6 is 11.8 Å². The van der Waals surface area contributed by atoms with Gasteiger partial charge in [-0.25, -0.2) is 9.97 Å². The maximum absolute atomic E-state index is 12.7. The Morgan fingerprint density at radius 2 is 1.97 bits per heavy atom. The number of rotatable bonds is 6. The molecule has 146 valence electrons. The number of carbonyl (C=O) groups excluding carboxylic acids is 2. The molecule has 0 radical (unpaired) electrons. The maximum Gasteiger partial charge on any atom is 0.265 e. The molecule has 0 unspecified atom stereocenters. The number of Topliss-reactive ketones (excluding diaryl/α,β-unsaturated/α-hetero) is 1. The van der Waals surface area contributed by atoms with Gasteiger partial charge in [-0.05, 0) is 31.2 Å². The molecule has 4 rings (SSSR count). The van der Waals surface area contributed by atoms with Crippen molar-refractivity contribution in [2.24, 2.45) is 0 Å². The predicted octanol–water partition coefficient (Wildman–Crippen LogP) is 3.86. The van der Waals surface area contributed by atoms with Crippen molar-refractivity contribution < 1.29 is 14.3 Å². The molecular formula is C22H19N3O3S. The fourth-order valence-corrected chi connectivity index (χ4v) is 3.89. The van der Waals surface area contributed by atoms with E-state index in [1.807, 2.05) is 43.3 Å². The Labute approximate surface area is 172 Å². The highest BCUT2D eigenvalue weighted by Gasteiger charge is 2.25. The third-order valence-electron chi connectivity index (χ3n) is 4.60. The predicted molar refractivity (Wildman–Crippen MR) is 112 cm³/mol. The molecule has 0 bridgehead atoms. The molecule has 6 nitrogen and oxygen atoms in total. The van der Waals surface area contributed by atoms with Crippen LogP contribution in [0.2, 0.25) is 0 Å². The number of carbonyl (C=O) groups is 2. The number of ether oxygens (including phenoxy) is 1. The molecule has 1 aliphatic heterocycles. The second-order valence-corrected chi connectivity index (χ2v) is 7.42. The Morgan fingerprint density at radius 1 is 1.14 bits per heavy atom. The number of anilines is 1. The van der Waals surface area contributed by atoms with Gasteiger partial charge >= 0.3 is 0 Å². The van der Waals surface area contributed by atoms with Crippen LogP contribution < -0.4 is 9.64 Å². The Morgan fingerprint density at radius 3 is 2.76 bits per heavy atom. The molecule has 0 N–H and O–H groups in total. The van der Waals surface area contributed by atoms with Gasteiger partial charge in [-0.2, -0.15) is 0 Å². The van der Waals surface area contributed by atoms with E-state index in [1.165, 1.54) is 18.1 Å².